The summed E-state index contributed by atoms with van der Waals surface area (Å²) in [5.74, 6) is 0.512. The van der Waals surface area contributed by atoms with E-state index < -0.39 is 0 Å². The van der Waals surface area contributed by atoms with Crippen molar-refractivity contribution >= 4 is 5.78 Å². The van der Waals surface area contributed by atoms with E-state index in [1.54, 1.807) is 0 Å². The van der Waals surface area contributed by atoms with Crippen LogP contribution in [0, 0.1) is 10.8 Å². The highest BCUT2D eigenvalue weighted by Crippen LogP contribution is 2.50. The van der Waals surface area contributed by atoms with Crippen LogP contribution >= 0.6 is 0 Å². The van der Waals surface area contributed by atoms with Crippen LogP contribution in [0.2, 0.25) is 0 Å². The second kappa shape index (κ2) is 4.31. The maximum atomic E-state index is 11.8. The lowest BCUT2D eigenvalue weighted by atomic mass is 9.63. The number of hydrogen-bond acceptors (Lipinski definition) is 2. The fourth-order valence-electron chi connectivity index (χ4n) is 5.60. The number of rotatable bonds is 1. The molecule has 1 saturated carbocycles. The number of Topliss-reactive ketones (excluding diaryl/α,β-unsaturated/α-hetero) is 1. The molecule has 2 saturated heterocycles. The molecule has 3 rings (SSSR count). The third-order valence-electron chi connectivity index (χ3n) is 5.56. The van der Waals surface area contributed by atoms with Gasteiger partial charge in [-0.15, -0.1) is 0 Å². The average Bonchev–Trinajstić information content (AvgIpc) is 2.46. The van der Waals surface area contributed by atoms with Crippen LogP contribution in [-0.4, -0.2) is 28.8 Å². The zero-order chi connectivity index (χ0) is 13.8. The van der Waals surface area contributed by atoms with Crippen molar-refractivity contribution in [2.75, 3.05) is 0 Å². The van der Waals surface area contributed by atoms with Gasteiger partial charge in [0.05, 0.1) is 0 Å². The molecule has 2 bridgehead atoms. The predicted octanol–water partition coefficient (Wildman–Crippen LogP) is 3.79. The van der Waals surface area contributed by atoms with Crippen molar-refractivity contribution in [3.63, 3.8) is 0 Å². The highest BCUT2D eigenvalue weighted by Gasteiger charge is 2.48. The molecule has 1 aliphatic carbocycles. The number of nitrogens with zero attached hydrogens (tertiary/aromatic N) is 1. The lowest BCUT2D eigenvalue weighted by Gasteiger charge is -2.51. The lowest BCUT2D eigenvalue weighted by molar-refractivity contribution is -0.125. The first kappa shape index (κ1) is 13.6. The number of hydrogen-bond donors (Lipinski definition) is 0. The second-order valence-electron chi connectivity index (χ2n) is 8.85. The van der Waals surface area contributed by atoms with Crippen LogP contribution in [-0.2, 0) is 4.79 Å². The standard InChI is InChI=1S/C17H29NO/c1-16(2)9-14(10-17(3,4)11-16)18-12-5-6-13(18)8-15(19)7-12/h12-14H,5-11H2,1-4H3. The number of carbonyl (C=O) groups is 1. The fourth-order valence-corrected chi connectivity index (χ4v) is 5.60. The largest absolute Gasteiger partial charge is 0.300 e. The van der Waals surface area contributed by atoms with E-state index in [-0.39, 0.29) is 0 Å². The molecule has 3 aliphatic rings. The van der Waals surface area contributed by atoms with E-state index in [9.17, 15) is 4.79 Å². The van der Waals surface area contributed by atoms with Crippen LogP contribution in [0.3, 0.4) is 0 Å². The zero-order valence-corrected chi connectivity index (χ0v) is 13.0. The van der Waals surface area contributed by atoms with Crippen molar-refractivity contribution in [3.8, 4) is 0 Å². The highest BCUT2D eigenvalue weighted by molar-refractivity contribution is 5.81. The van der Waals surface area contributed by atoms with Gasteiger partial charge in [-0.3, -0.25) is 9.69 Å². The molecule has 2 unspecified atom stereocenters. The molecular weight excluding hydrogens is 234 g/mol. The molecule has 3 fully saturated rings. The minimum atomic E-state index is 0.452. The van der Waals surface area contributed by atoms with Gasteiger partial charge in [0.2, 0.25) is 0 Å². The zero-order valence-electron chi connectivity index (χ0n) is 13.0. The van der Waals surface area contributed by atoms with Crippen molar-refractivity contribution in [3.05, 3.63) is 0 Å². The van der Waals surface area contributed by atoms with Crippen LogP contribution in [0.25, 0.3) is 0 Å². The first-order valence-electron chi connectivity index (χ1n) is 8.05. The summed E-state index contributed by atoms with van der Waals surface area (Å²) < 4.78 is 0. The first-order valence-corrected chi connectivity index (χ1v) is 8.05. The maximum absolute atomic E-state index is 11.8. The van der Waals surface area contributed by atoms with Gasteiger partial charge in [-0.2, -0.15) is 0 Å². The molecule has 2 heterocycles. The Hall–Kier alpha value is -0.370. The SMILES string of the molecule is CC1(C)CC(N2C3CCC2CC(=O)C3)CC(C)(C)C1. The normalized spacial score (nSPS) is 38.6. The van der Waals surface area contributed by atoms with Gasteiger partial charge in [0, 0.05) is 31.0 Å². The molecule has 0 aromatic carbocycles. The van der Waals surface area contributed by atoms with Gasteiger partial charge in [0.1, 0.15) is 5.78 Å². The maximum Gasteiger partial charge on any atom is 0.136 e. The summed E-state index contributed by atoms with van der Waals surface area (Å²) in [5, 5.41) is 0. The number of carbonyl (C=O) groups excluding carboxylic acids is 1. The van der Waals surface area contributed by atoms with E-state index in [1.807, 2.05) is 0 Å². The number of piperidine rings is 1. The molecule has 0 aromatic rings. The molecule has 0 N–H and O–H groups in total. The topological polar surface area (TPSA) is 20.3 Å². The van der Waals surface area contributed by atoms with Gasteiger partial charge in [-0.05, 0) is 42.9 Å². The lowest BCUT2D eigenvalue weighted by Crippen LogP contribution is -2.53. The van der Waals surface area contributed by atoms with Crippen molar-refractivity contribution in [2.24, 2.45) is 10.8 Å². The Morgan fingerprint density at radius 2 is 1.37 bits per heavy atom. The third-order valence-corrected chi connectivity index (χ3v) is 5.56. The van der Waals surface area contributed by atoms with Gasteiger partial charge >= 0.3 is 0 Å². The summed E-state index contributed by atoms with van der Waals surface area (Å²) in [6.45, 7) is 9.71. The van der Waals surface area contributed by atoms with E-state index in [1.165, 1.54) is 32.1 Å². The second-order valence-corrected chi connectivity index (χ2v) is 8.85. The van der Waals surface area contributed by atoms with E-state index in [4.69, 9.17) is 0 Å². The summed E-state index contributed by atoms with van der Waals surface area (Å²) in [6.07, 6.45) is 8.14. The monoisotopic (exact) mass is 263 g/mol. The number of fused-ring (bicyclic) bond motifs is 2. The van der Waals surface area contributed by atoms with Crippen molar-refractivity contribution in [1.82, 2.24) is 4.90 Å². The first-order chi connectivity index (χ1) is 8.76. The molecule has 2 aliphatic heterocycles. The molecule has 0 aromatic heterocycles. The van der Waals surface area contributed by atoms with Crippen molar-refractivity contribution in [1.29, 1.82) is 0 Å². The molecule has 0 amide bonds. The Labute approximate surface area is 117 Å². The van der Waals surface area contributed by atoms with Crippen LogP contribution in [0.4, 0.5) is 0 Å². The van der Waals surface area contributed by atoms with Gasteiger partial charge in [0.25, 0.3) is 0 Å². The van der Waals surface area contributed by atoms with Crippen LogP contribution in [0.15, 0.2) is 0 Å². The molecule has 19 heavy (non-hydrogen) atoms. The molecule has 0 radical (unpaired) electrons. The summed E-state index contributed by atoms with van der Waals surface area (Å²) in [4.78, 5) is 14.5. The van der Waals surface area contributed by atoms with Gasteiger partial charge in [-0.25, -0.2) is 0 Å². The van der Waals surface area contributed by atoms with E-state index in [2.05, 4.69) is 32.6 Å². The molecule has 2 nitrogen and oxygen atoms in total. The number of ketones is 1. The third kappa shape index (κ3) is 2.61. The smallest absolute Gasteiger partial charge is 0.136 e. The minimum absolute atomic E-state index is 0.452. The van der Waals surface area contributed by atoms with Crippen molar-refractivity contribution in [2.45, 2.75) is 90.8 Å². The van der Waals surface area contributed by atoms with E-state index >= 15 is 0 Å². The van der Waals surface area contributed by atoms with Crippen molar-refractivity contribution < 1.29 is 4.79 Å². The Balaban J connectivity index is 1.80. The van der Waals surface area contributed by atoms with Gasteiger partial charge in [-0.1, -0.05) is 27.7 Å². The fraction of sp³-hybridized carbons (Fsp3) is 0.941. The van der Waals surface area contributed by atoms with Crippen LogP contribution in [0.1, 0.15) is 72.6 Å². The molecule has 108 valence electrons. The summed E-state index contributed by atoms with van der Waals surface area (Å²) in [6, 6.07) is 1.85. The predicted molar refractivity (Wildman–Crippen MR) is 78.1 cm³/mol. The summed E-state index contributed by atoms with van der Waals surface area (Å²) in [5.41, 5.74) is 0.903. The van der Waals surface area contributed by atoms with E-state index in [0.29, 0.717) is 34.7 Å². The summed E-state index contributed by atoms with van der Waals surface area (Å²) >= 11 is 0. The van der Waals surface area contributed by atoms with Crippen LogP contribution < -0.4 is 0 Å². The van der Waals surface area contributed by atoms with Gasteiger partial charge in [0.15, 0.2) is 0 Å². The van der Waals surface area contributed by atoms with Gasteiger partial charge < -0.3 is 0 Å². The average molecular weight is 263 g/mol. The quantitative estimate of drug-likeness (QED) is 0.717. The highest BCUT2D eigenvalue weighted by atomic mass is 16.1. The molecular formula is C17H29NO. The molecule has 0 spiro atoms. The van der Waals surface area contributed by atoms with E-state index in [0.717, 1.165) is 12.8 Å². The Kier molecular flexibility index (Phi) is 3.09. The molecule has 2 atom stereocenters. The summed E-state index contributed by atoms with van der Waals surface area (Å²) in [7, 11) is 0. The van der Waals surface area contributed by atoms with Crippen LogP contribution in [0.5, 0.6) is 0 Å². The Bertz CT molecular complexity index is 353. The Morgan fingerprint density at radius 3 is 1.84 bits per heavy atom. The Morgan fingerprint density at radius 1 is 0.895 bits per heavy atom. The molecule has 2 heteroatoms. The minimum Gasteiger partial charge on any atom is -0.300 e.